The van der Waals surface area contributed by atoms with Gasteiger partial charge < -0.3 is 10.2 Å². The molecule has 3 aromatic carbocycles. The van der Waals surface area contributed by atoms with E-state index in [-0.39, 0.29) is 0 Å². The summed E-state index contributed by atoms with van der Waals surface area (Å²) in [5, 5.41) is 20.8. The standard InChI is InChI=1S/C25H28O2/c1-15-6-18(4)24(26)22(10-15)13-20-8-17(3)9-21(12-20)14-23-11-16(2)7-19(5)25(23)27/h6-12,26-27H,13-14H2,1-5H3. The van der Waals surface area contributed by atoms with Crippen molar-refractivity contribution >= 4 is 0 Å². The van der Waals surface area contributed by atoms with E-state index in [0.717, 1.165) is 33.4 Å². The van der Waals surface area contributed by atoms with Crippen molar-refractivity contribution in [3.05, 3.63) is 92.5 Å². The molecule has 0 bridgehead atoms. The number of rotatable bonds is 4. The van der Waals surface area contributed by atoms with Crippen LogP contribution in [0.1, 0.15) is 50.1 Å². The van der Waals surface area contributed by atoms with Gasteiger partial charge >= 0.3 is 0 Å². The minimum atomic E-state index is 0.385. The number of aromatic hydroxyl groups is 2. The number of aryl methyl sites for hydroxylation is 5. The van der Waals surface area contributed by atoms with Crippen LogP contribution >= 0.6 is 0 Å². The first-order valence-electron chi connectivity index (χ1n) is 9.40. The Bertz CT molecular complexity index is 922. The van der Waals surface area contributed by atoms with Crippen molar-refractivity contribution in [2.24, 2.45) is 0 Å². The van der Waals surface area contributed by atoms with Gasteiger partial charge in [-0.1, -0.05) is 59.2 Å². The van der Waals surface area contributed by atoms with Crippen molar-refractivity contribution < 1.29 is 10.2 Å². The van der Waals surface area contributed by atoms with Crippen molar-refractivity contribution in [2.45, 2.75) is 47.5 Å². The maximum Gasteiger partial charge on any atom is 0.122 e. The predicted octanol–water partition coefficient (Wildman–Crippen LogP) is 5.82. The van der Waals surface area contributed by atoms with E-state index in [1.54, 1.807) is 0 Å². The second-order valence-electron chi connectivity index (χ2n) is 7.86. The highest BCUT2D eigenvalue weighted by Gasteiger charge is 2.10. The van der Waals surface area contributed by atoms with E-state index in [2.05, 4.69) is 51.1 Å². The SMILES string of the molecule is Cc1cc(Cc2cc(C)cc(C)c2O)cc(Cc2cc(C)cc(C)c2O)c1. The van der Waals surface area contributed by atoms with Crippen molar-refractivity contribution in [3.63, 3.8) is 0 Å². The van der Waals surface area contributed by atoms with Crippen LogP contribution in [0.2, 0.25) is 0 Å². The summed E-state index contributed by atoms with van der Waals surface area (Å²) in [4.78, 5) is 0. The van der Waals surface area contributed by atoms with Gasteiger partial charge in [-0.05, 0) is 68.0 Å². The van der Waals surface area contributed by atoms with Crippen molar-refractivity contribution in [1.82, 2.24) is 0 Å². The molecule has 0 fully saturated rings. The Morgan fingerprint density at radius 3 is 1.30 bits per heavy atom. The third-order valence-corrected chi connectivity index (χ3v) is 5.03. The van der Waals surface area contributed by atoms with E-state index in [9.17, 15) is 10.2 Å². The van der Waals surface area contributed by atoms with Gasteiger partial charge in [0.1, 0.15) is 11.5 Å². The number of phenols is 2. The molecule has 3 aromatic rings. The van der Waals surface area contributed by atoms with Crippen molar-refractivity contribution in [1.29, 1.82) is 0 Å². The van der Waals surface area contributed by atoms with E-state index in [1.165, 1.54) is 16.7 Å². The molecule has 0 spiro atoms. The Balaban J connectivity index is 1.94. The van der Waals surface area contributed by atoms with E-state index >= 15 is 0 Å². The van der Waals surface area contributed by atoms with Crippen LogP contribution in [0.4, 0.5) is 0 Å². The molecular weight excluding hydrogens is 332 g/mol. The van der Waals surface area contributed by atoms with Crippen LogP contribution in [-0.4, -0.2) is 10.2 Å². The first kappa shape index (κ1) is 19.0. The van der Waals surface area contributed by atoms with Crippen LogP contribution in [0, 0.1) is 34.6 Å². The Morgan fingerprint density at radius 2 is 0.889 bits per heavy atom. The van der Waals surface area contributed by atoms with Gasteiger partial charge in [-0.2, -0.15) is 0 Å². The molecule has 0 saturated carbocycles. The van der Waals surface area contributed by atoms with Gasteiger partial charge in [0.2, 0.25) is 0 Å². The van der Waals surface area contributed by atoms with Crippen LogP contribution in [-0.2, 0) is 12.8 Å². The van der Waals surface area contributed by atoms with Crippen LogP contribution in [0.5, 0.6) is 11.5 Å². The van der Waals surface area contributed by atoms with Gasteiger partial charge in [-0.15, -0.1) is 0 Å². The number of hydrogen-bond acceptors (Lipinski definition) is 2. The smallest absolute Gasteiger partial charge is 0.122 e. The third-order valence-electron chi connectivity index (χ3n) is 5.03. The zero-order valence-corrected chi connectivity index (χ0v) is 16.9. The summed E-state index contributed by atoms with van der Waals surface area (Å²) in [7, 11) is 0. The molecular formula is C25H28O2. The minimum absolute atomic E-state index is 0.385. The molecule has 0 aliphatic rings. The molecule has 0 heterocycles. The maximum atomic E-state index is 10.4. The van der Waals surface area contributed by atoms with Crippen LogP contribution < -0.4 is 0 Å². The summed E-state index contributed by atoms with van der Waals surface area (Å²) >= 11 is 0. The normalized spacial score (nSPS) is 11.0. The summed E-state index contributed by atoms with van der Waals surface area (Å²) in [6.07, 6.45) is 1.39. The lowest BCUT2D eigenvalue weighted by atomic mass is 9.94. The highest BCUT2D eigenvalue weighted by atomic mass is 16.3. The first-order chi connectivity index (χ1) is 12.7. The number of benzene rings is 3. The van der Waals surface area contributed by atoms with E-state index in [0.29, 0.717) is 24.3 Å². The first-order valence-corrected chi connectivity index (χ1v) is 9.40. The molecule has 0 radical (unpaired) electrons. The largest absolute Gasteiger partial charge is 0.507 e. The minimum Gasteiger partial charge on any atom is -0.507 e. The lowest BCUT2D eigenvalue weighted by molar-refractivity contribution is 0.465. The molecule has 2 nitrogen and oxygen atoms in total. The van der Waals surface area contributed by atoms with E-state index in [4.69, 9.17) is 0 Å². The third kappa shape index (κ3) is 4.33. The second-order valence-corrected chi connectivity index (χ2v) is 7.86. The fourth-order valence-corrected chi connectivity index (χ4v) is 3.96. The average Bonchev–Trinajstić information content (AvgIpc) is 2.56. The molecule has 3 rings (SSSR count). The monoisotopic (exact) mass is 360 g/mol. The Labute approximate surface area is 162 Å². The molecule has 0 amide bonds. The number of hydrogen-bond donors (Lipinski definition) is 2. The molecule has 0 atom stereocenters. The zero-order chi connectivity index (χ0) is 19.7. The molecule has 0 aliphatic heterocycles. The fourth-order valence-electron chi connectivity index (χ4n) is 3.96. The van der Waals surface area contributed by atoms with Crippen LogP contribution in [0.15, 0.2) is 42.5 Å². The van der Waals surface area contributed by atoms with Gasteiger partial charge in [-0.3, -0.25) is 0 Å². The quantitative estimate of drug-likeness (QED) is 0.615. The summed E-state index contributed by atoms with van der Waals surface area (Å²) in [5.41, 5.74) is 9.60. The second kappa shape index (κ2) is 7.48. The van der Waals surface area contributed by atoms with Gasteiger partial charge in [0.15, 0.2) is 0 Å². The lowest BCUT2D eigenvalue weighted by Crippen LogP contribution is -1.97. The molecule has 0 unspecified atom stereocenters. The van der Waals surface area contributed by atoms with Crippen molar-refractivity contribution in [3.8, 4) is 11.5 Å². The summed E-state index contributed by atoms with van der Waals surface area (Å²) in [6, 6.07) is 14.6. The molecule has 0 aromatic heterocycles. The Morgan fingerprint density at radius 1 is 0.519 bits per heavy atom. The molecule has 0 aliphatic carbocycles. The summed E-state index contributed by atoms with van der Waals surface area (Å²) in [5.74, 6) is 0.770. The van der Waals surface area contributed by atoms with Gasteiger partial charge in [0.05, 0.1) is 0 Å². The molecule has 2 N–H and O–H groups in total. The summed E-state index contributed by atoms with van der Waals surface area (Å²) in [6.45, 7) is 10.1. The zero-order valence-electron chi connectivity index (χ0n) is 16.9. The predicted molar refractivity (Wildman–Crippen MR) is 112 cm³/mol. The summed E-state index contributed by atoms with van der Waals surface area (Å²) < 4.78 is 0. The van der Waals surface area contributed by atoms with E-state index < -0.39 is 0 Å². The van der Waals surface area contributed by atoms with Gasteiger partial charge in [0.25, 0.3) is 0 Å². The molecule has 0 saturated heterocycles. The molecule has 140 valence electrons. The van der Waals surface area contributed by atoms with Gasteiger partial charge in [-0.25, -0.2) is 0 Å². The molecule has 27 heavy (non-hydrogen) atoms. The Hall–Kier alpha value is -2.74. The average molecular weight is 360 g/mol. The highest BCUT2D eigenvalue weighted by Crippen LogP contribution is 2.29. The number of phenolic OH excluding ortho intramolecular Hbond substituents is 2. The lowest BCUT2D eigenvalue weighted by Gasteiger charge is -2.13. The van der Waals surface area contributed by atoms with E-state index in [1.807, 2.05) is 26.0 Å². The highest BCUT2D eigenvalue weighted by molar-refractivity contribution is 5.48. The van der Waals surface area contributed by atoms with Gasteiger partial charge in [0, 0.05) is 12.8 Å². The Kier molecular flexibility index (Phi) is 5.27. The van der Waals surface area contributed by atoms with Crippen LogP contribution in [0.25, 0.3) is 0 Å². The van der Waals surface area contributed by atoms with Crippen molar-refractivity contribution in [2.75, 3.05) is 0 Å². The fraction of sp³-hybridized carbons (Fsp3) is 0.280. The molecule has 2 heteroatoms. The maximum absolute atomic E-state index is 10.4. The topological polar surface area (TPSA) is 40.5 Å². The van der Waals surface area contributed by atoms with Crippen LogP contribution in [0.3, 0.4) is 0 Å².